The number of likely N-dealkylation sites (tertiary alicyclic amines) is 1. The number of amides is 3. The number of benzene rings is 1. The van der Waals surface area contributed by atoms with Crippen LogP contribution in [-0.4, -0.2) is 83.2 Å². The molecule has 1 aromatic carbocycles. The maximum atomic E-state index is 14.1. The Bertz CT molecular complexity index is 851. The van der Waals surface area contributed by atoms with Crippen molar-refractivity contribution in [3.8, 4) is 0 Å². The van der Waals surface area contributed by atoms with Gasteiger partial charge in [-0.1, -0.05) is 0 Å². The molecule has 208 valence electrons. The lowest BCUT2D eigenvalue weighted by atomic mass is 9.88. The molecule has 0 radical (unpaired) electrons. The number of rotatable bonds is 11. The minimum absolute atomic E-state index is 0.00488. The van der Waals surface area contributed by atoms with Crippen LogP contribution in [0.15, 0.2) is 18.2 Å². The van der Waals surface area contributed by atoms with Gasteiger partial charge < -0.3 is 35.1 Å². The van der Waals surface area contributed by atoms with Gasteiger partial charge in [0.25, 0.3) is 0 Å². The van der Waals surface area contributed by atoms with E-state index in [4.69, 9.17) is 9.47 Å². The normalized spacial score (nSPS) is 20.2. The van der Waals surface area contributed by atoms with E-state index in [9.17, 15) is 18.4 Å². The topological polar surface area (TPSA) is 101 Å². The van der Waals surface area contributed by atoms with Gasteiger partial charge in [-0.2, -0.15) is 0 Å². The first-order chi connectivity index (χ1) is 17.9. The molecule has 3 atom stereocenters. The number of likely N-dealkylation sites (N-methyl/N-ethyl adjacent to an activating group) is 1. The lowest BCUT2D eigenvalue weighted by Gasteiger charge is -2.38. The SMILES string of the molecule is CNC[C@H](CC1CCOCC1)NC(=O)N1CCC[C@@H]([C@@H](OCCNC(=O)OC)c2cc(F)cc(F)c2)C1. The molecular formula is C26H40F2N4O5. The Balaban J connectivity index is 1.65. The van der Waals surface area contributed by atoms with E-state index in [0.717, 1.165) is 51.4 Å². The lowest BCUT2D eigenvalue weighted by Crippen LogP contribution is -2.52. The average molecular weight is 527 g/mol. The molecule has 2 aliphatic rings. The second-order valence-electron chi connectivity index (χ2n) is 9.76. The summed E-state index contributed by atoms with van der Waals surface area (Å²) in [7, 11) is 3.13. The average Bonchev–Trinajstić information content (AvgIpc) is 2.88. The van der Waals surface area contributed by atoms with Crippen LogP contribution in [0.4, 0.5) is 18.4 Å². The molecule has 0 unspecified atom stereocenters. The second kappa shape index (κ2) is 15.0. The van der Waals surface area contributed by atoms with Crippen molar-refractivity contribution in [1.82, 2.24) is 20.9 Å². The monoisotopic (exact) mass is 526 g/mol. The van der Waals surface area contributed by atoms with Gasteiger partial charge in [-0.05, 0) is 62.8 Å². The maximum Gasteiger partial charge on any atom is 0.406 e. The first-order valence-corrected chi connectivity index (χ1v) is 13.1. The molecule has 0 bridgehead atoms. The van der Waals surface area contributed by atoms with E-state index in [1.807, 2.05) is 7.05 Å². The number of nitrogens with one attached hydrogen (secondary N) is 3. The number of hydrogen-bond acceptors (Lipinski definition) is 6. The van der Waals surface area contributed by atoms with Gasteiger partial charge in [-0.3, -0.25) is 0 Å². The van der Waals surface area contributed by atoms with Crippen molar-refractivity contribution in [2.45, 2.75) is 44.2 Å². The van der Waals surface area contributed by atoms with Crippen LogP contribution in [0, 0.1) is 23.5 Å². The third-order valence-corrected chi connectivity index (χ3v) is 6.98. The summed E-state index contributed by atoms with van der Waals surface area (Å²) in [6.07, 6.45) is 3.12. The quantitative estimate of drug-likeness (QED) is 0.383. The molecule has 0 spiro atoms. The molecule has 2 heterocycles. The molecule has 3 amide bonds. The zero-order valence-electron chi connectivity index (χ0n) is 21.8. The van der Waals surface area contributed by atoms with Gasteiger partial charge >= 0.3 is 12.1 Å². The fourth-order valence-electron chi connectivity index (χ4n) is 5.19. The number of piperidine rings is 1. The van der Waals surface area contributed by atoms with Gasteiger partial charge in [0.15, 0.2) is 0 Å². The molecule has 2 aliphatic heterocycles. The Morgan fingerprint density at radius 2 is 1.89 bits per heavy atom. The van der Waals surface area contributed by atoms with E-state index in [1.165, 1.54) is 19.2 Å². The molecule has 0 saturated carbocycles. The predicted octanol–water partition coefficient (Wildman–Crippen LogP) is 3.20. The van der Waals surface area contributed by atoms with Gasteiger partial charge in [-0.15, -0.1) is 0 Å². The Morgan fingerprint density at radius 1 is 1.16 bits per heavy atom. The van der Waals surface area contributed by atoms with Crippen LogP contribution in [0.3, 0.4) is 0 Å². The Morgan fingerprint density at radius 3 is 2.57 bits per heavy atom. The van der Waals surface area contributed by atoms with Crippen molar-refractivity contribution in [2.24, 2.45) is 11.8 Å². The first-order valence-electron chi connectivity index (χ1n) is 13.1. The highest BCUT2D eigenvalue weighted by molar-refractivity contribution is 5.74. The number of carbonyl (C=O) groups excluding carboxylic acids is 2. The van der Waals surface area contributed by atoms with Gasteiger partial charge in [0.05, 0.1) is 19.8 Å². The van der Waals surface area contributed by atoms with E-state index in [0.29, 0.717) is 31.1 Å². The van der Waals surface area contributed by atoms with Crippen LogP contribution >= 0.6 is 0 Å². The third kappa shape index (κ3) is 9.39. The van der Waals surface area contributed by atoms with Crippen molar-refractivity contribution < 1.29 is 32.6 Å². The van der Waals surface area contributed by atoms with Crippen molar-refractivity contribution in [1.29, 1.82) is 0 Å². The molecule has 9 nitrogen and oxygen atoms in total. The highest BCUT2D eigenvalue weighted by Crippen LogP contribution is 2.34. The van der Waals surface area contributed by atoms with Crippen LogP contribution in [0.25, 0.3) is 0 Å². The molecule has 3 N–H and O–H groups in total. The summed E-state index contributed by atoms with van der Waals surface area (Å²) in [6, 6.07) is 3.19. The smallest absolute Gasteiger partial charge is 0.406 e. The summed E-state index contributed by atoms with van der Waals surface area (Å²) < 4.78 is 44.2. The molecule has 37 heavy (non-hydrogen) atoms. The highest BCUT2D eigenvalue weighted by atomic mass is 19.1. The van der Waals surface area contributed by atoms with Crippen LogP contribution in [0.1, 0.15) is 43.8 Å². The van der Waals surface area contributed by atoms with Crippen molar-refractivity contribution in [3.05, 3.63) is 35.4 Å². The molecule has 1 aromatic rings. The number of alkyl carbamates (subject to hydrolysis) is 1. The van der Waals surface area contributed by atoms with Crippen LogP contribution in [-0.2, 0) is 14.2 Å². The van der Waals surface area contributed by atoms with E-state index in [-0.39, 0.29) is 31.1 Å². The van der Waals surface area contributed by atoms with Gasteiger partial charge in [-0.25, -0.2) is 18.4 Å². The van der Waals surface area contributed by atoms with Crippen LogP contribution in [0.2, 0.25) is 0 Å². The molecule has 11 heteroatoms. The maximum absolute atomic E-state index is 14.1. The van der Waals surface area contributed by atoms with Crippen LogP contribution < -0.4 is 16.0 Å². The summed E-state index contributed by atoms with van der Waals surface area (Å²) in [4.78, 5) is 26.4. The van der Waals surface area contributed by atoms with E-state index in [2.05, 4.69) is 20.7 Å². The fraction of sp³-hybridized carbons (Fsp3) is 0.692. The second-order valence-corrected chi connectivity index (χ2v) is 9.76. The highest BCUT2D eigenvalue weighted by Gasteiger charge is 2.32. The summed E-state index contributed by atoms with van der Waals surface area (Å²) in [5, 5.41) is 8.89. The number of urea groups is 1. The minimum Gasteiger partial charge on any atom is -0.453 e. The van der Waals surface area contributed by atoms with E-state index < -0.39 is 23.8 Å². The van der Waals surface area contributed by atoms with Crippen molar-refractivity contribution in [3.63, 3.8) is 0 Å². The number of carbonyl (C=O) groups is 2. The van der Waals surface area contributed by atoms with Gasteiger partial charge in [0.1, 0.15) is 11.6 Å². The Labute approximate surface area is 217 Å². The molecule has 0 aliphatic carbocycles. The predicted molar refractivity (Wildman–Crippen MR) is 134 cm³/mol. The number of ether oxygens (including phenoxy) is 3. The largest absolute Gasteiger partial charge is 0.453 e. The number of hydrogen-bond donors (Lipinski definition) is 3. The Kier molecular flexibility index (Phi) is 11.8. The molecule has 2 saturated heterocycles. The molecule has 0 aromatic heterocycles. The van der Waals surface area contributed by atoms with Crippen LogP contribution in [0.5, 0.6) is 0 Å². The molecule has 2 fully saturated rings. The third-order valence-electron chi connectivity index (χ3n) is 6.98. The Hall–Kier alpha value is -2.50. The minimum atomic E-state index is -0.690. The lowest BCUT2D eigenvalue weighted by molar-refractivity contribution is -0.00901. The number of halogens is 2. The van der Waals surface area contributed by atoms with Gasteiger partial charge in [0.2, 0.25) is 0 Å². The fourth-order valence-corrected chi connectivity index (χ4v) is 5.19. The van der Waals surface area contributed by atoms with Crippen molar-refractivity contribution >= 4 is 12.1 Å². The molecular weight excluding hydrogens is 486 g/mol. The standard InChI is InChI=1S/C26H40F2N4O5/c1-29-16-23(12-18-5-9-36-10-6-18)31-25(33)32-8-3-4-19(17-32)24(37-11-7-30-26(34)35-2)20-13-21(27)15-22(28)14-20/h13-15,18-19,23-24,29H,3-12,16-17H2,1-2H3,(H,30,34)(H,31,33)/t19-,23+,24-/m1/s1. The summed E-state index contributed by atoms with van der Waals surface area (Å²) in [5.41, 5.74) is 0.371. The van der Waals surface area contributed by atoms with Crippen molar-refractivity contribution in [2.75, 3.05) is 60.2 Å². The number of nitrogens with zero attached hydrogens (tertiary/aromatic N) is 1. The van der Waals surface area contributed by atoms with E-state index in [1.54, 1.807) is 4.90 Å². The molecule has 3 rings (SSSR count). The summed E-state index contributed by atoms with van der Waals surface area (Å²) in [5.74, 6) is -1.03. The van der Waals surface area contributed by atoms with E-state index >= 15 is 0 Å². The zero-order chi connectivity index (χ0) is 26.6. The zero-order valence-corrected chi connectivity index (χ0v) is 21.8. The summed E-state index contributed by atoms with van der Waals surface area (Å²) >= 11 is 0. The summed E-state index contributed by atoms with van der Waals surface area (Å²) in [6.45, 7) is 3.47. The number of methoxy groups -OCH3 is 1. The van der Waals surface area contributed by atoms with Gasteiger partial charge in [0, 0.05) is 57.4 Å². The first kappa shape index (κ1) is 29.1.